The van der Waals surface area contributed by atoms with Crippen LogP contribution in [0.2, 0.25) is 0 Å². The van der Waals surface area contributed by atoms with Gasteiger partial charge in [0.2, 0.25) is 5.91 Å². The van der Waals surface area contributed by atoms with Gasteiger partial charge in [-0.05, 0) is 43.5 Å². The molecule has 2 heterocycles. The molecule has 1 atom stereocenters. The Morgan fingerprint density at radius 3 is 2.62 bits per heavy atom. The van der Waals surface area contributed by atoms with Gasteiger partial charge < -0.3 is 24.3 Å². The minimum atomic E-state index is -0.276. The second-order valence-electron chi connectivity index (χ2n) is 7.21. The van der Waals surface area contributed by atoms with Gasteiger partial charge >= 0.3 is 6.03 Å². The van der Waals surface area contributed by atoms with Crippen LogP contribution in [0.4, 0.5) is 10.5 Å². The molecule has 1 aromatic carbocycles. The monoisotopic (exact) mass is 399 g/mol. The summed E-state index contributed by atoms with van der Waals surface area (Å²) in [7, 11) is 0. The summed E-state index contributed by atoms with van der Waals surface area (Å²) in [6, 6.07) is 12.6. The Labute approximate surface area is 171 Å². The fourth-order valence-corrected chi connectivity index (χ4v) is 3.39. The number of carbonyl (C=O) groups is 2. The van der Waals surface area contributed by atoms with E-state index in [1.54, 1.807) is 22.1 Å². The topological polar surface area (TPSA) is 75.0 Å². The van der Waals surface area contributed by atoms with Crippen LogP contribution in [0.15, 0.2) is 53.1 Å². The first kappa shape index (κ1) is 20.9. The molecule has 0 saturated carbocycles. The summed E-state index contributed by atoms with van der Waals surface area (Å²) in [6.07, 6.45) is 4.34. The van der Waals surface area contributed by atoms with Crippen LogP contribution in [0.1, 0.15) is 31.9 Å². The van der Waals surface area contributed by atoms with Crippen molar-refractivity contribution < 1.29 is 18.7 Å². The molecule has 1 N–H and O–H groups in total. The number of hydrogen-bond acceptors (Lipinski definition) is 4. The number of nitrogens with zero attached hydrogens (tertiary/aromatic N) is 2. The van der Waals surface area contributed by atoms with Gasteiger partial charge in [-0.3, -0.25) is 4.79 Å². The summed E-state index contributed by atoms with van der Waals surface area (Å²) in [6.45, 7) is 4.10. The largest absolute Gasteiger partial charge is 0.467 e. The SMILES string of the molecule is CCCN(CC(=O)N(Cc1ccco1)CC1CCCO1)C(=O)Nc1ccccc1. The number of urea groups is 1. The summed E-state index contributed by atoms with van der Waals surface area (Å²) >= 11 is 0. The number of carbonyl (C=O) groups excluding carboxylic acids is 2. The molecule has 0 radical (unpaired) electrons. The van der Waals surface area contributed by atoms with E-state index < -0.39 is 0 Å². The van der Waals surface area contributed by atoms with Crippen LogP contribution in [-0.4, -0.2) is 54.1 Å². The van der Waals surface area contributed by atoms with E-state index in [1.807, 2.05) is 43.3 Å². The van der Waals surface area contributed by atoms with Crippen LogP contribution in [0.3, 0.4) is 0 Å². The number of ether oxygens (including phenoxy) is 1. The smallest absolute Gasteiger partial charge is 0.322 e. The van der Waals surface area contributed by atoms with Crippen molar-refractivity contribution in [1.29, 1.82) is 0 Å². The molecule has 2 aromatic rings. The summed E-state index contributed by atoms with van der Waals surface area (Å²) in [5, 5.41) is 2.86. The number of benzene rings is 1. The lowest BCUT2D eigenvalue weighted by Gasteiger charge is -2.28. The van der Waals surface area contributed by atoms with Gasteiger partial charge in [-0.25, -0.2) is 4.79 Å². The molecule has 0 bridgehead atoms. The first-order chi connectivity index (χ1) is 14.2. The Morgan fingerprint density at radius 2 is 1.97 bits per heavy atom. The normalized spacial score (nSPS) is 15.8. The minimum Gasteiger partial charge on any atom is -0.467 e. The zero-order valence-corrected chi connectivity index (χ0v) is 16.9. The van der Waals surface area contributed by atoms with Gasteiger partial charge in [-0.1, -0.05) is 25.1 Å². The lowest BCUT2D eigenvalue weighted by atomic mass is 10.2. The van der Waals surface area contributed by atoms with Crippen molar-refractivity contribution in [1.82, 2.24) is 9.80 Å². The van der Waals surface area contributed by atoms with Crippen LogP contribution >= 0.6 is 0 Å². The highest BCUT2D eigenvalue weighted by Crippen LogP contribution is 2.16. The molecule has 0 aliphatic carbocycles. The zero-order chi connectivity index (χ0) is 20.5. The van der Waals surface area contributed by atoms with Crippen molar-refractivity contribution >= 4 is 17.6 Å². The molecule has 1 saturated heterocycles. The molecular weight excluding hydrogens is 370 g/mol. The van der Waals surface area contributed by atoms with Crippen molar-refractivity contribution in [3.8, 4) is 0 Å². The van der Waals surface area contributed by atoms with Gasteiger partial charge in [-0.2, -0.15) is 0 Å². The molecule has 3 amide bonds. The highest BCUT2D eigenvalue weighted by atomic mass is 16.5. The maximum absolute atomic E-state index is 13.1. The van der Waals surface area contributed by atoms with Crippen LogP contribution in [0.25, 0.3) is 0 Å². The summed E-state index contributed by atoms with van der Waals surface area (Å²) in [4.78, 5) is 29.1. The second kappa shape index (κ2) is 10.7. The van der Waals surface area contributed by atoms with Crippen molar-refractivity contribution in [2.75, 3.05) is 31.6 Å². The predicted octanol–water partition coefficient (Wildman–Crippen LogP) is 3.73. The third kappa shape index (κ3) is 6.35. The third-order valence-corrected chi connectivity index (χ3v) is 4.86. The summed E-state index contributed by atoms with van der Waals surface area (Å²) in [5.74, 6) is 0.598. The molecule has 3 rings (SSSR count). The van der Waals surface area contributed by atoms with E-state index >= 15 is 0 Å². The van der Waals surface area contributed by atoms with Gasteiger partial charge in [0, 0.05) is 25.4 Å². The third-order valence-electron chi connectivity index (χ3n) is 4.86. The quantitative estimate of drug-likeness (QED) is 0.697. The molecule has 0 spiro atoms. The van der Waals surface area contributed by atoms with E-state index in [0.29, 0.717) is 31.1 Å². The predicted molar refractivity (Wildman–Crippen MR) is 110 cm³/mol. The maximum atomic E-state index is 13.1. The Balaban J connectivity index is 1.65. The first-order valence-electron chi connectivity index (χ1n) is 10.2. The number of hydrogen-bond donors (Lipinski definition) is 1. The molecule has 1 aliphatic rings. The van der Waals surface area contributed by atoms with E-state index in [1.165, 1.54) is 0 Å². The molecule has 1 aliphatic heterocycles. The molecule has 1 fully saturated rings. The van der Waals surface area contributed by atoms with E-state index in [4.69, 9.17) is 9.15 Å². The van der Waals surface area contributed by atoms with Crippen LogP contribution < -0.4 is 5.32 Å². The summed E-state index contributed by atoms with van der Waals surface area (Å²) < 4.78 is 11.1. The number of amides is 3. The highest BCUT2D eigenvalue weighted by molar-refractivity contribution is 5.92. The number of anilines is 1. The Morgan fingerprint density at radius 1 is 1.14 bits per heavy atom. The molecule has 7 nitrogen and oxygen atoms in total. The van der Waals surface area contributed by atoms with Crippen molar-refractivity contribution in [2.45, 2.75) is 38.8 Å². The zero-order valence-electron chi connectivity index (χ0n) is 16.9. The highest BCUT2D eigenvalue weighted by Gasteiger charge is 2.26. The molecule has 1 unspecified atom stereocenters. The molecule has 7 heteroatoms. The lowest BCUT2D eigenvalue weighted by molar-refractivity contribution is -0.134. The van der Waals surface area contributed by atoms with Crippen molar-refractivity contribution in [2.24, 2.45) is 0 Å². The second-order valence-corrected chi connectivity index (χ2v) is 7.21. The van der Waals surface area contributed by atoms with Crippen molar-refractivity contribution in [3.63, 3.8) is 0 Å². The number of rotatable bonds is 9. The fourth-order valence-electron chi connectivity index (χ4n) is 3.39. The Bertz CT molecular complexity index is 758. The van der Waals surface area contributed by atoms with Crippen LogP contribution in [0.5, 0.6) is 0 Å². The van der Waals surface area contributed by atoms with Gasteiger partial charge in [0.25, 0.3) is 0 Å². The van der Waals surface area contributed by atoms with Gasteiger partial charge in [0.15, 0.2) is 0 Å². The molecule has 29 heavy (non-hydrogen) atoms. The minimum absolute atomic E-state index is 0.0138. The molecule has 1 aromatic heterocycles. The van der Waals surface area contributed by atoms with E-state index in [2.05, 4.69) is 5.32 Å². The van der Waals surface area contributed by atoms with Crippen LogP contribution in [0, 0.1) is 0 Å². The standard InChI is InChI=1S/C22H29N3O4/c1-2-12-24(22(27)23-18-8-4-3-5-9-18)17-21(26)25(15-19-10-6-13-28-19)16-20-11-7-14-29-20/h3-6,8-10,13,20H,2,7,11-12,14-17H2,1H3,(H,23,27). The number of para-hydroxylation sites is 1. The van der Waals surface area contributed by atoms with Gasteiger partial charge in [0.1, 0.15) is 12.3 Å². The fraction of sp³-hybridized carbons (Fsp3) is 0.455. The van der Waals surface area contributed by atoms with Gasteiger partial charge in [-0.15, -0.1) is 0 Å². The Hall–Kier alpha value is -2.80. The average Bonchev–Trinajstić information content (AvgIpc) is 3.42. The first-order valence-corrected chi connectivity index (χ1v) is 10.2. The summed E-state index contributed by atoms with van der Waals surface area (Å²) in [5.41, 5.74) is 0.706. The van der Waals surface area contributed by atoms with E-state index in [0.717, 1.165) is 25.9 Å². The number of furan rings is 1. The molecular formula is C22H29N3O4. The Kier molecular flexibility index (Phi) is 7.69. The lowest BCUT2D eigenvalue weighted by Crippen LogP contribution is -2.46. The van der Waals surface area contributed by atoms with Crippen molar-refractivity contribution in [3.05, 3.63) is 54.5 Å². The number of nitrogens with one attached hydrogen (secondary N) is 1. The van der Waals surface area contributed by atoms with Crippen LogP contribution in [-0.2, 0) is 16.1 Å². The average molecular weight is 399 g/mol. The van der Waals surface area contributed by atoms with E-state index in [9.17, 15) is 9.59 Å². The van der Waals surface area contributed by atoms with Gasteiger partial charge in [0.05, 0.1) is 18.9 Å². The maximum Gasteiger partial charge on any atom is 0.322 e. The molecule has 156 valence electrons. The van der Waals surface area contributed by atoms with E-state index in [-0.39, 0.29) is 24.6 Å².